The van der Waals surface area contributed by atoms with Crippen LogP contribution in [0.25, 0.3) is 5.57 Å². The number of nitro groups is 1. The number of hydrogen-bond acceptors (Lipinski definition) is 6. The summed E-state index contributed by atoms with van der Waals surface area (Å²) >= 11 is 0. The van der Waals surface area contributed by atoms with Gasteiger partial charge in [0.2, 0.25) is 0 Å². The SMILES string of the molecule is CC1=CC(=C(C#N)C#N)c2cc([N+](=O)[O-])ccc2N1C#N. The Labute approximate surface area is 120 Å². The van der Waals surface area contributed by atoms with Gasteiger partial charge in [-0.15, -0.1) is 0 Å². The van der Waals surface area contributed by atoms with E-state index < -0.39 is 4.92 Å². The average Bonchev–Trinajstić information content (AvgIpc) is 2.48. The average molecular weight is 277 g/mol. The van der Waals surface area contributed by atoms with Gasteiger partial charge in [-0.2, -0.15) is 15.8 Å². The second-order valence-electron chi connectivity index (χ2n) is 4.19. The molecule has 21 heavy (non-hydrogen) atoms. The minimum Gasteiger partial charge on any atom is -0.258 e. The number of nitriles is 3. The van der Waals surface area contributed by atoms with Crippen LogP contribution in [0.4, 0.5) is 11.4 Å². The van der Waals surface area contributed by atoms with E-state index >= 15 is 0 Å². The molecule has 0 spiro atoms. The van der Waals surface area contributed by atoms with Crippen molar-refractivity contribution in [3.05, 3.63) is 51.2 Å². The number of non-ortho nitro benzene ring substituents is 1. The number of anilines is 1. The monoisotopic (exact) mass is 277 g/mol. The number of hydrogen-bond donors (Lipinski definition) is 0. The Kier molecular flexibility index (Phi) is 3.39. The highest BCUT2D eigenvalue weighted by molar-refractivity contribution is 5.93. The highest BCUT2D eigenvalue weighted by Crippen LogP contribution is 2.38. The summed E-state index contributed by atoms with van der Waals surface area (Å²) in [5.74, 6) is 0. The Hall–Kier alpha value is -3.63. The zero-order chi connectivity index (χ0) is 15.6. The van der Waals surface area contributed by atoms with E-state index in [9.17, 15) is 15.4 Å². The number of nitrogens with zero attached hydrogens (tertiary/aromatic N) is 5. The quantitative estimate of drug-likeness (QED) is 0.337. The summed E-state index contributed by atoms with van der Waals surface area (Å²) in [6, 6.07) is 7.50. The fourth-order valence-electron chi connectivity index (χ4n) is 2.07. The lowest BCUT2D eigenvalue weighted by atomic mass is 9.94. The first-order valence-corrected chi connectivity index (χ1v) is 5.75. The smallest absolute Gasteiger partial charge is 0.258 e. The maximum atomic E-state index is 10.9. The van der Waals surface area contributed by atoms with Crippen LogP contribution in [-0.4, -0.2) is 4.92 Å². The highest BCUT2D eigenvalue weighted by Gasteiger charge is 2.25. The lowest BCUT2D eigenvalue weighted by Gasteiger charge is -2.25. The van der Waals surface area contributed by atoms with Gasteiger partial charge in [0.1, 0.15) is 17.7 Å². The molecule has 1 aliphatic heterocycles. The molecule has 1 heterocycles. The van der Waals surface area contributed by atoms with Gasteiger partial charge in [-0.3, -0.25) is 15.0 Å². The minimum absolute atomic E-state index is 0.159. The van der Waals surface area contributed by atoms with Crippen molar-refractivity contribution < 1.29 is 4.92 Å². The molecule has 1 aliphatic rings. The van der Waals surface area contributed by atoms with E-state index in [2.05, 4.69) is 0 Å². The van der Waals surface area contributed by atoms with Gasteiger partial charge in [0, 0.05) is 29.0 Å². The summed E-state index contributed by atoms with van der Waals surface area (Å²) < 4.78 is 0. The predicted octanol–water partition coefficient (Wildman–Crippen LogP) is 2.60. The van der Waals surface area contributed by atoms with Crippen LogP contribution in [0.1, 0.15) is 12.5 Å². The standard InChI is InChI=1S/C14H7N5O2/c1-9-4-12(10(6-15)7-16)13-5-11(19(20)21)2-3-14(13)18(9)8-17/h2-5H,1H3. The largest absolute Gasteiger partial charge is 0.270 e. The first-order chi connectivity index (χ1) is 10.0. The van der Waals surface area contributed by atoms with Gasteiger partial charge in [0.15, 0.2) is 6.19 Å². The van der Waals surface area contributed by atoms with Crippen molar-refractivity contribution in [1.82, 2.24) is 0 Å². The van der Waals surface area contributed by atoms with E-state index in [1.807, 2.05) is 6.19 Å². The summed E-state index contributed by atoms with van der Waals surface area (Å²) in [5, 5.41) is 38.1. The Morgan fingerprint density at radius 1 is 1.29 bits per heavy atom. The molecule has 0 saturated carbocycles. The second-order valence-corrected chi connectivity index (χ2v) is 4.19. The van der Waals surface area contributed by atoms with E-state index in [0.717, 1.165) is 0 Å². The third-order valence-corrected chi connectivity index (χ3v) is 3.02. The first kappa shape index (κ1) is 13.8. The summed E-state index contributed by atoms with van der Waals surface area (Å²) in [5.41, 5.74) is 1.19. The van der Waals surface area contributed by atoms with Crippen LogP contribution in [-0.2, 0) is 0 Å². The molecule has 1 aromatic carbocycles. The molecule has 0 bridgehead atoms. The van der Waals surface area contributed by atoms with Crippen LogP contribution in [0.2, 0.25) is 0 Å². The Balaban J connectivity index is 2.84. The van der Waals surface area contributed by atoms with Crippen LogP contribution in [0.5, 0.6) is 0 Å². The molecule has 0 saturated heterocycles. The van der Waals surface area contributed by atoms with Crippen LogP contribution < -0.4 is 4.90 Å². The van der Waals surface area contributed by atoms with Gasteiger partial charge in [0.05, 0.1) is 10.6 Å². The summed E-state index contributed by atoms with van der Waals surface area (Å²) in [7, 11) is 0. The van der Waals surface area contributed by atoms with Crippen molar-refractivity contribution in [3.63, 3.8) is 0 Å². The Morgan fingerprint density at radius 2 is 1.95 bits per heavy atom. The van der Waals surface area contributed by atoms with Crippen LogP contribution in [0.3, 0.4) is 0 Å². The molecular weight excluding hydrogens is 270 g/mol. The zero-order valence-electron chi connectivity index (χ0n) is 10.9. The molecule has 100 valence electrons. The third kappa shape index (κ3) is 2.18. The van der Waals surface area contributed by atoms with Crippen LogP contribution in [0.15, 0.2) is 35.5 Å². The van der Waals surface area contributed by atoms with Gasteiger partial charge >= 0.3 is 0 Å². The minimum atomic E-state index is -0.571. The summed E-state index contributed by atoms with van der Waals surface area (Å²) in [4.78, 5) is 11.6. The normalized spacial score (nSPS) is 12.4. The maximum Gasteiger partial charge on any atom is 0.270 e. The van der Waals surface area contributed by atoms with Crippen molar-refractivity contribution in [1.29, 1.82) is 15.8 Å². The molecule has 0 radical (unpaired) electrons. The third-order valence-electron chi connectivity index (χ3n) is 3.02. The van der Waals surface area contributed by atoms with E-state index in [4.69, 9.17) is 10.5 Å². The van der Waals surface area contributed by atoms with Crippen LogP contribution >= 0.6 is 0 Å². The van der Waals surface area contributed by atoms with Gasteiger partial charge in [-0.1, -0.05) is 0 Å². The summed E-state index contributed by atoms with van der Waals surface area (Å²) in [6.45, 7) is 1.65. The molecule has 0 amide bonds. The Bertz CT molecular complexity index is 814. The molecule has 0 atom stereocenters. The molecule has 7 heteroatoms. The van der Waals surface area contributed by atoms with Gasteiger partial charge < -0.3 is 0 Å². The molecule has 0 N–H and O–H groups in total. The molecular formula is C14H7N5O2. The molecule has 0 aromatic heterocycles. The molecule has 1 aromatic rings. The van der Waals surface area contributed by atoms with Gasteiger partial charge in [-0.05, 0) is 19.1 Å². The molecule has 0 fully saturated rings. The highest BCUT2D eigenvalue weighted by atomic mass is 16.6. The molecule has 0 aliphatic carbocycles. The van der Waals surface area contributed by atoms with Crippen molar-refractivity contribution in [3.8, 4) is 18.3 Å². The van der Waals surface area contributed by atoms with Crippen molar-refractivity contribution in [2.45, 2.75) is 6.92 Å². The number of nitro benzene ring substituents is 1. The first-order valence-electron chi connectivity index (χ1n) is 5.75. The van der Waals surface area contributed by atoms with E-state index in [0.29, 0.717) is 16.9 Å². The molecule has 0 unspecified atom stereocenters. The lowest BCUT2D eigenvalue weighted by molar-refractivity contribution is -0.384. The number of allylic oxidation sites excluding steroid dienone is 4. The molecule has 2 rings (SSSR count). The van der Waals surface area contributed by atoms with E-state index in [-0.39, 0.29) is 16.8 Å². The van der Waals surface area contributed by atoms with Crippen molar-refractivity contribution >= 4 is 16.9 Å². The Morgan fingerprint density at radius 3 is 2.48 bits per heavy atom. The van der Waals surface area contributed by atoms with E-state index in [1.54, 1.807) is 19.1 Å². The van der Waals surface area contributed by atoms with E-state index in [1.165, 1.54) is 29.2 Å². The summed E-state index contributed by atoms with van der Waals surface area (Å²) in [6.07, 6.45) is 3.46. The zero-order valence-corrected chi connectivity index (χ0v) is 10.9. The van der Waals surface area contributed by atoms with Gasteiger partial charge in [-0.25, -0.2) is 0 Å². The maximum absolute atomic E-state index is 10.9. The molecule has 7 nitrogen and oxygen atoms in total. The number of rotatable bonds is 1. The number of fused-ring (bicyclic) bond motifs is 1. The second kappa shape index (κ2) is 5.16. The predicted molar refractivity (Wildman–Crippen MR) is 73.1 cm³/mol. The van der Waals surface area contributed by atoms with Gasteiger partial charge in [0.25, 0.3) is 5.69 Å². The number of benzene rings is 1. The van der Waals surface area contributed by atoms with Crippen molar-refractivity contribution in [2.24, 2.45) is 0 Å². The fraction of sp³-hybridized carbons (Fsp3) is 0.0714. The van der Waals surface area contributed by atoms with Crippen molar-refractivity contribution in [2.75, 3.05) is 4.90 Å². The lowest BCUT2D eigenvalue weighted by Crippen LogP contribution is -2.19. The topological polar surface area (TPSA) is 118 Å². The fourth-order valence-corrected chi connectivity index (χ4v) is 2.07. The van der Waals surface area contributed by atoms with Crippen LogP contribution in [0, 0.1) is 44.2 Å².